The van der Waals surface area contributed by atoms with Crippen LogP contribution in [0.25, 0.3) is 0 Å². The van der Waals surface area contributed by atoms with Gasteiger partial charge < -0.3 is 9.80 Å². The van der Waals surface area contributed by atoms with Crippen LogP contribution in [0.5, 0.6) is 0 Å². The van der Waals surface area contributed by atoms with Gasteiger partial charge in [-0.15, -0.1) is 11.6 Å². The van der Waals surface area contributed by atoms with Crippen LogP contribution in [0.15, 0.2) is 0 Å². The standard InChI is InChI=1S/C27H44ClF3N6O2/c1-16-8-13-36(21-15-32-23-14-22(28)33-37(23)24(16)21)20-6-4-18(5-7-20)25(27(29,30)31)34(3)26(39)19-9-11-35(12-10-19)17(2)38/h16,18-25,32-33H,4-15H2,1-3H3/t16-,18?,20?,21?,22?,23?,24?,25-/m0/s1. The van der Waals surface area contributed by atoms with Gasteiger partial charge in [0.2, 0.25) is 11.8 Å². The molecule has 2 amide bonds. The lowest BCUT2D eigenvalue weighted by atomic mass is 9.77. The predicted molar refractivity (Wildman–Crippen MR) is 142 cm³/mol. The van der Waals surface area contributed by atoms with E-state index in [1.165, 1.54) is 14.0 Å². The summed E-state index contributed by atoms with van der Waals surface area (Å²) in [6.45, 7) is 6.45. The average molecular weight is 577 g/mol. The molecule has 4 aliphatic heterocycles. The third-order valence-electron chi connectivity index (χ3n) is 10.2. The molecule has 1 saturated carbocycles. The largest absolute Gasteiger partial charge is 0.409 e. The summed E-state index contributed by atoms with van der Waals surface area (Å²) in [5, 5.41) is 5.94. The molecule has 0 radical (unpaired) electrons. The number of rotatable bonds is 4. The molecule has 0 bridgehead atoms. The second-order valence-corrected chi connectivity index (χ2v) is 13.0. The zero-order chi connectivity index (χ0) is 28.1. The van der Waals surface area contributed by atoms with Crippen molar-refractivity contribution in [2.45, 2.75) is 107 Å². The molecule has 5 fully saturated rings. The van der Waals surface area contributed by atoms with Crippen LogP contribution in [0.4, 0.5) is 13.2 Å². The highest BCUT2D eigenvalue weighted by Gasteiger charge is 2.53. The molecule has 0 aromatic carbocycles. The van der Waals surface area contributed by atoms with Gasteiger partial charge >= 0.3 is 6.18 Å². The van der Waals surface area contributed by atoms with E-state index in [2.05, 4.69) is 27.6 Å². The summed E-state index contributed by atoms with van der Waals surface area (Å²) in [4.78, 5) is 30.0. The summed E-state index contributed by atoms with van der Waals surface area (Å²) in [7, 11) is 1.33. The van der Waals surface area contributed by atoms with Crippen molar-refractivity contribution in [1.29, 1.82) is 0 Å². The summed E-state index contributed by atoms with van der Waals surface area (Å²) in [6, 6.07) is -0.894. The Labute approximate surface area is 234 Å². The number of hydrogen-bond acceptors (Lipinski definition) is 6. The number of amides is 2. The van der Waals surface area contributed by atoms with Crippen molar-refractivity contribution in [2.24, 2.45) is 17.8 Å². The number of carbonyl (C=O) groups excluding carboxylic acids is 2. The minimum Gasteiger partial charge on any atom is -0.343 e. The van der Waals surface area contributed by atoms with Gasteiger partial charge in [-0.2, -0.15) is 13.2 Å². The van der Waals surface area contributed by atoms with E-state index in [1.807, 2.05) is 0 Å². The van der Waals surface area contributed by atoms with E-state index in [0.717, 1.165) is 30.8 Å². The van der Waals surface area contributed by atoms with Gasteiger partial charge in [0.15, 0.2) is 0 Å². The van der Waals surface area contributed by atoms with Gasteiger partial charge in [-0.05, 0) is 63.3 Å². The first-order chi connectivity index (χ1) is 18.5. The van der Waals surface area contributed by atoms with Crippen LogP contribution in [-0.4, -0.2) is 107 Å². The van der Waals surface area contributed by atoms with E-state index >= 15 is 0 Å². The molecule has 39 heavy (non-hydrogen) atoms. The summed E-state index contributed by atoms with van der Waals surface area (Å²) in [5.74, 6) is -1.05. The first-order valence-electron chi connectivity index (χ1n) is 14.7. The van der Waals surface area contributed by atoms with E-state index in [-0.39, 0.29) is 23.6 Å². The molecule has 4 unspecified atom stereocenters. The van der Waals surface area contributed by atoms with E-state index < -0.39 is 30.0 Å². The van der Waals surface area contributed by atoms with Crippen LogP contribution in [0, 0.1) is 17.8 Å². The van der Waals surface area contributed by atoms with Gasteiger partial charge in [0.25, 0.3) is 0 Å². The van der Waals surface area contributed by atoms with Gasteiger partial charge in [0.05, 0.1) is 11.7 Å². The second-order valence-electron chi connectivity index (χ2n) is 12.5. The number of hydrazine groups is 1. The summed E-state index contributed by atoms with van der Waals surface area (Å²) in [5.41, 5.74) is 3.35. The van der Waals surface area contributed by atoms with Crippen molar-refractivity contribution in [3.8, 4) is 0 Å². The number of halogens is 4. The van der Waals surface area contributed by atoms with E-state index in [0.29, 0.717) is 69.6 Å². The maximum Gasteiger partial charge on any atom is 0.409 e. The molecule has 4 saturated heterocycles. The second kappa shape index (κ2) is 11.6. The topological polar surface area (TPSA) is 71.2 Å². The molecule has 1 aliphatic carbocycles. The molecule has 5 rings (SSSR count). The van der Waals surface area contributed by atoms with Crippen LogP contribution in [0.1, 0.15) is 65.2 Å². The van der Waals surface area contributed by atoms with Crippen LogP contribution in [-0.2, 0) is 9.59 Å². The zero-order valence-corrected chi connectivity index (χ0v) is 24.1. The third kappa shape index (κ3) is 5.94. The fourth-order valence-corrected chi connectivity index (χ4v) is 8.46. The van der Waals surface area contributed by atoms with Crippen LogP contribution >= 0.6 is 11.6 Å². The van der Waals surface area contributed by atoms with E-state index in [4.69, 9.17) is 11.6 Å². The van der Waals surface area contributed by atoms with Gasteiger partial charge in [-0.25, -0.2) is 10.4 Å². The maximum absolute atomic E-state index is 14.4. The summed E-state index contributed by atoms with van der Waals surface area (Å²) < 4.78 is 43.3. The van der Waals surface area contributed by atoms with Gasteiger partial charge in [-0.3, -0.25) is 19.8 Å². The third-order valence-corrected chi connectivity index (χ3v) is 10.5. The van der Waals surface area contributed by atoms with Crippen LogP contribution < -0.4 is 10.7 Å². The number of nitrogens with one attached hydrogen (secondary N) is 2. The van der Waals surface area contributed by atoms with Gasteiger partial charge in [0.1, 0.15) is 6.04 Å². The number of nitrogens with zero attached hydrogens (tertiary/aromatic N) is 4. The lowest BCUT2D eigenvalue weighted by molar-refractivity contribution is -0.203. The first kappa shape index (κ1) is 29.4. The predicted octanol–water partition coefficient (Wildman–Crippen LogP) is 2.98. The van der Waals surface area contributed by atoms with Gasteiger partial charge in [-0.1, -0.05) is 6.92 Å². The van der Waals surface area contributed by atoms with Crippen molar-refractivity contribution >= 4 is 23.4 Å². The Morgan fingerprint density at radius 2 is 1.69 bits per heavy atom. The number of likely N-dealkylation sites (tertiary alicyclic amines) is 2. The lowest BCUT2D eigenvalue weighted by Gasteiger charge is -2.55. The monoisotopic (exact) mass is 576 g/mol. The molecule has 2 N–H and O–H groups in total. The summed E-state index contributed by atoms with van der Waals surface area (Å²) >= 11 is 6.41. The fraction of sp³-hybridized carbons (Fsp3) is 0.926. The molecule has 0 spiro atoms. The van der Waals surface area contributed by atoms with Crippen molar-refractivity contribution in [3.05, 3.63) is 0 Å². The summed E-state index contributed by atoms with van der Waals surface area (Å²) in [6.07, 6.45) is 0.833. The minimum absolute atomic E-state index is 0.0579. The Kier molecular flexibility index (Phi) is 8.75. The number of hydrogen-bond donors (Lipinski definition) is 2. The SMILES string of the molecule is CC(=O)N1CCC(C(=O)N(C)[C@@H](C2CCC(N3CC[C@H](C)C4C3CNC3CC(Cl)NN34)CC2)C(F)(F)F)CC1. The molecule has 222 valence electrons. The Balaban J connectivity index is 1.22. The van der Waals surface area contributed by atoms with Crippen molar-refractivity contribution < 1.29 is 22.8 Å². The van der Waals surface area contributed by atoms with E-state index in [9.17, 15) is 22.8 Å². The maximum atomic E-state index is 14.4. The molecule has 5 aliphatic rings. The quantitative estimate of drug-likeness (QED) is 0.396. The molecular weight excluding hydrogens is 533 g/mol. The molecular formula is C27H44ClF3N6O2. The lowest BCUT2D eigenvalue weighted by Crippen LogP contribution is -2.72. The van der Waals surface area contributed by atoms with Crippen molar-refractivity contribution in [1.82, 2.24) is 30.5 Å². The molecule has 0 aromatic rings. The minimum atomic E-state index is -4.48. The Morgan fingerprint density at radius 1 is 1.03 bits per heavy atom. The highest BCUT2D eigenvalue weighted by molar-refractivity contribution is 6.20. The van der Waals surface area contributed by atoms with Crippen LogP contribution in [0.3, 0.4) is 0 Å². The number of alkyl halides is 4. The molecule has 4 heterocycles. The highest BCUT2D eigenvalue weighted by atomic mass is 35.5. The molecule has 8 nitrogen and oxygen atoms in total. The zero-order valence-electron chi connectivity index (χ0n) is 23.3. The number of piperidine rings is 2. The van der Waals surface area contributed by atoms with Crippen LogP contribution in [0.2, 0.25) is 0 Å². The highest BCUT2D eigenvalue weighted by Crippen LogP contribution is 2.42. The normalized spacial score (nSPS) is 37.7. The van der Waals surface area contributed by atoms with E-state index in [1.54, 1.807) is 4.90 Å². The molecule has 0 aromatic heterocycles. The van der Waals surface area contributed by atoms with Gasteiger partial charge in [0, 0.05) is 64.1 Å². The molecule has 6 atom stereocenters. The van der Waals surface area contributed by atoms with Crippen molar-refractivity contribution in [3.63, 3.8) is 0 Å². The van der Waals surface area contributed by atoms with Crippen molar-refractivity contribution in [2.75, 3.05) is 33.2 Å². The average Bonchev–Trinajstić information content (AvgIpc) is 3.28. The molecule has 12 heteroatoms. The number of carbonyl (C=O) groups is 2. The fourth-order valence-electron chi connectivity index (χ4n) is 8.18. The Hall–Kier alpha value is -1.14. The first-order valence-corrected chi connectivity index (χ1v) is 15.2. The number of fused-ring (bicyclic) bond motifs is 3. The Bertz CT molecular complexity index is 895. The smallest absolute Gasteiger partial charge is 0.343 e. The Morgan fingerprint density at radius 3 is 2.31 bits per heavy atom.